The van der Waals surface area contributed by atoms with E-state index >= 15 is 0 Å². The van der Waals surface area contributed by atoms with E-state index in [1.807, 2.05) is 0 Å². The van der Waals surface area contributed by atoms with Crippen LogP contribution in [-0.4, -0.2) is 32.0 Å². The Morgan fingerprint density at radius 3 is 2.61 bits per heavy atom. The number of ether oxygens (including phenoxy) is 1. The molecule has 2 N–H and O–H groups in total. The van der Waals surface area contributed by atoms with Gasteiger partial charge in [-0.05, 0) is 6.07 Å². The van der Waals surface area contributed by atoms with Crippen LogP contribution < -0.4 is 10.5 Å². The molecule has 0 saturated carbocycles. The molecule has 0 aliphatic heterocycles. The average molecular weight is 274 g/mol. The number of hydrogen-bond donors (Lipinski definition) is 1. The number of nitro groups is 1. The molecule has 0 aliphatic carbocycles. The number of non-ortho nitro benzene ring substituents is 1. The summed E-state index contributed by atoms with van der Waals surface area (Å²) in [5.41, 5.74) is 5.85. The Labute approximate surface area is 105 Å². The molecule has 0 radical (unpaired) electrons. The molecule has 0 unspecified atom stereocenters. The van der Waals surface area contributed by atoms with Gasteiger partial charge in [0.05, 0.1) is 10.7 Å². The first-order chi connectivity index (χ1) is 8.33. The van der Waals surface area contributed by atoms with Crippen LogP contribution in [0, 0.1) is 10.1 Å². The third kappa shape index (κ3) is 4.30. The second kappa shape index (κ2) is 5.78. The van der Waals surface area contributed by atoms with Crippen molar-refractivity contribution in [3.8, 4) is 5.75 Å². The summed E-state index contributed by atoms with van der Waals surface area (Å²) in [6.45, 7) is 0.0690. The molecule has 100 valence electrons. The highest BCUT2D eigenvalue weighted by Crippen LogP contribution is 2.23. The number of hydrogen-bond acceptors (Lipinski definition) is 6. The first-order valence-electron chi connectivity index (χ1n) is 5.11. The Morgan fingerprint density at radius 2 is 2.11 bits per heavy atom. The van der Waals surface area contributed by atoms with E-state index in [-0.39, 0.29) is 24.6 Å². The monoisotopic (exact) mass is 274 g/mol. The van der Waals surface area contributed by atoms with Crippen LogP contribution in [-0.2, 0) is 16.4 Å². The first kappa shape index (κ1) is 14.4. The van der Waals surface area contributed by atoms with E-state index in [9.17, 15) is 18.5 Å². The van der Waals surface area contributed by atoms with Gasteiger partial charge >= 0.3 is 0 Å². The van der Waals surface area contributed by atoms with Crippen molar-refractivity contribution in [1.29, 1.82) is 0 Å². The Bertz CT molecular complexity index is 541. The number of rotatable bonds is 6. The van der Waals surface area contributed by atoms with E-state index in [1.54, 1.807) is 0 Å². The normalized spacial score (nSPS) is 11.2. The van der Waals surface area contributed by atoms with Gasteiger partial charge in [0.2, 0.25) is 0 Å². The molecule has 0 aliphatic rings. The summed E-state index contributed by atoms with van der Waals surface area (Å²) < 4.78 is 27.1. The van der Waals surface area contributed by atoms with Crippen LogP contribution >= 0.6 is 0 Å². The van der Waals surface area contributed by atoms with Crippen molar-refractivity contribution in [2.45, 2.75) is 6.54 Å². The second-order valence-corrected chi connectivity index (χ2v) is 5.99. The number of nitrogens with two attached hydrogens (primary N) is 1. The van der Waals surface area contributed by atoms with Crippen LogP contribution in [0.5, 0.6) is 5.75 Å². The summed E-state index contributed by atoms with van der Waals surface area (Å²) in [7, 11) is -3.10. The molecule has 0 aromatic heterocycles. The fourth-order valence-electron chi connectivity index (χ4n) is 1.28. The predicted octanol–water partition coefficient (Wildman–Crippen LogP) is 0.477. The third-order valence-corrected chi connectivity index (χ3v) is 3.09. The molecule has 0 heterocycles. The van der Waals surface area contributed by atoms with Gasteiger partial charge in [0.25, 0.3) is 5.69 Å². The molecule has 0 amide bonds. The van der Waals surface area contributed by atoms with Gasteiger partial charge in [-0.2, -0.15) is 0 Å². The highest BCUT2D eigenvalue weighted by atomic mass is 32.2. The summed E-state index contributed by atoms with van der Waals surface area (Å²) in [6, 6.07) is 4.02. The topological polar surface area (TPSA) is 113 Å². The highest BCUT2D eigenvalue weighted by Gasteiger charge is 2.11. The van der Waals surface area contributed by atoms with E-state index in [2.05, 4.69) is 0 Å². The van der Waals surface area contributed by atoms with Gasteiger partial charge in [-0.15, -0.1) is 0 Å². The van der Waals surface area contributed by atoms with Gasteiger partial charge in [0, 0.05) is 30.5 Å². The fourth-order valence-corrected chi connectivity index (χ4v) is 1.67. The van der Waals surface area contributed by atoms with E-state index in [0.717, 1.165) is 6.26 Å². The van der Waals surface area contributed by atoms with Crippen LogP contribution in [0.3, 0.4) is 0 Å². The number of nitro benzene ring substituents is 1. The lowest BCUT2D eigenvalue weighted by molar-refractivity contribution is -0.384. The molecular weight excluding hydrogens is 260 g/mol. The van der Waals surface area contributed by atoms with E-state index < -0.39 is 14.8 Å². The summed E-state index contributed by atoms with van der Waals surface area (Å²) >= 11 is 0. The lowest BCUT2D eigenvalue weighted by atomic mass is 10.2. The molecule has 0 spiro atoms. The summed E-state index contributed by atoms with van der Waals surface area (Å²) in [4.78, 5) is 10.0. The Balaban J connectivity index is 2.80. The number of benzene rings is 1. The molecule has 0 bridgehead atoms. The second-order valence-electron chi connectivity index (χ2n) is 3.73. The average Bonchev–Trinajstić information content (AvgIpc) is 2.27. The zero-order valence-corrected chi connectivity index (χ0v) is 10.6. The molecule has 1 aromatic rings. The summed E-state index contributed by atoms with van der Waals surface area (Å²) in [5.74, 6) is 0.250. The van der Waals surface area contributed by atoms with Crippen LogP contribution in [0.4, 0.5) is 5.69 Å². The Morgan fingerprint density at radius 1 is 1.44 bits per heavy atom. The molecule has 1 rings (SSSR count). The highest BCUT2D eigenvalue weighted by molar-refractivity contribution is 7.90. The van der Waals surface area contributed by atoms with Crippen molar-refractivity contribution in [1.82, 2.24) is 0 Å². The van der Waals surface area contributed by atoms with Crippen molar-refractivity contribution < 1.29 is 18.1 Å². The molecule has 1 aromatic carbocycles. The zero-order valence-electron chi connectivity index (χ0n) is 9.83. The smallest absolute Gasteiger partial charge is 0.270 e. The van der Waals surface area contributed by atoms with E-state index in [0.29, 0.717) is 11.3 Å². The Hall–Kier alpha value is -1.67. The molecule has 0 fully saturated rings. The number of nitrogens with zero attached hydrogens (tertiary/aromatic N) is 1. The van der Waals surface area contributed by atoms with Crippen LogP contribution in [0.1, 0.15) is 5.56 Å². The summed E-state index contributed by atoms with van der Waals surface area (Å²) in [6.07, 6.45) is 1.11. The Kier molecular flexibility index (Phi) is 4.62. The van der Waals surface area contributed by atoms with Crippen molar-refractivity contribution in [2.24, 2.45) is 5.73 Å². The minimum Gasteiger partial charge on any atom is -0.492 e. The van der Waals surface area contributed by atoms with Crippen molar-refractivity contribution >= 4 is 15.5 Å². The minimum atomic E-state index is -3.10. The molecule has 0 atom stereocenters. The lowest BCUT2D eigenvalue weighted by Crippen LogP contribution is -2.13. The number of sulfone groups is 1. The summed E-state index contributed by atoms with van der Waals surface area (Å²) in [5, 5.41) is 10.6. The van der Waals surface area contributed by atoms with Crippen molar-refractivity contribution in [3.05, 3.63) is 33.9 Å². The van der Waals surface area contributed by atoms with Gasteiger partial charge in [-0.1, -0.05) is 0 Å². The van der Waals surface area contributed by atoms with E-state index in [1.165, 1.54) is 18.2 Å². The van der Waals surface area contributed by atoms with Crippen molar-refractivity contribution in [3.63, 3.8) is 0 Å². The van der Waals surface area contributed by atoms with Crippen LogP contribution in [0.25, 0.3) is 0 Å². The van der Waals surface area contributed by atoms with Gasteiger partial charge in [-0.25, -0.2) is 8.42 Å². The first-order valence-corrected chi connectivity index (χ1v) is 7.17. The minimum absolute atomic E-state index is 0.0103. The molecule has 8 heteroatoms. The predicted molar refractivity (Wildman–Crippen MR) is 66.2 cm³/mol. The molecule has 7 nitrogen and oxygen atoms in total. The maximum atomic E-state index is 10.9. The van der Waals surface area contributed by atoms with Gasteiger partial charge < -0.3 is 10.5 Å². The molecular formula is C10H14N2O5S. The largest absolute Gasteiger partial charge is 0.492 e. The quantitative estimate of drug-likeness (QED) is 0.596. The van der Waals surface area contributed by atoms with E-state index in [4.69, 9.17) is 10.5 Å². The third-order valence-electron chi connectivity index (χ3n) is 2.19. The van der Waals surface area contributed by atoms with Gasteiger partial charge in [0.1, 0.15) is 12.4 Å². The molecule has 0 saturated heterocycles. The standard InChI is InChI=1S/C10H14N2O5S/c1-18(15,16)5-4-17-10-3-2-9(12(13)14)6-8(10)7-11/h2-3,6H,4-5,7,11H2,1H3. The molecule has 18 heavy (non-hydrogen) atoms. The van der Waals surface area contributed by atoms with Gasteiger partial charge in [0.15, 0.2) is 9.84 Å². The fraction of sp³-hybridized carbons (Fsp3) is 0.400. The van der Waals surface area contributed by atoms with Gasteiger partial charge in [-0.3, -0.25) is 10.1 Å². The lowest BCUT2D eigenvalue weighted by Gasteiger charge is -2.09. The zero-order chi connectivity index (χ0) is 13.8. The SMILES string of the molecule is CS(=O)(=O)CCOc1ccc([N+](=O)[O-])cc1CN. The van der Waals surface area contributed by atoms with Crippen LogP contribution in [0.2, 0.25) is 0 Å². The maximum Gasteiger partial charge on any atom is 0.270 e. The maximum absolute atomic E-state index is 10.9. The van der Waals surface area contributed by atoms with Crippen LogP contribution in [0.15, 0.2) is 18.2 Å². The van der Waals surface area contributed by atoms with Crippen molar-refractivity contribution in [2.75, 3.05) is 18.6 Å².